The van der Waals surface area contributed by atoms with Crippen molar-refractivity contribution in [1.29, 1.82) is 0 Å². The summed E-state index contributed by atoms with van der Waals surface area (Å²) in [5, 5.41) is 8.77. The van der Waals surface area contributed by atoms with Crippen molar-refractivity contribution in [3.8, 4) is 0 Å². The molecule has 0 aromatic carbocycles. The Morgan fingerprint density at radius 3 is 2.50 bits per heavy atom. The zero-order chi connectivity index (χ0) is 7.78. The summed E-state index contributed by atoms with van der Waals surface area (Å²) in [6.45, 7) is 2.23. The molecule has 1 aliphatic rings. The van der Waals surface area contributed by atoms with Gasteiger partial charge in [0.15, 0.2) is 0 Å². The van der Waals surface area contributed by atoms with E-state index in [-0.39, 0.29) is 12.5 Å². The summed E-state index contributed by atoms with van der Waals surface area (Å²) in [6, 6.07) is 0. The molecule has 0 saturated heterocycles. The maximum atomic E-state index is 10.7. The highest BCUT2D eigenvalue weighted by atomic mass is 16.4. The van der Waals surface area contributed by atoms with Crippen LogP contribution in [0.2, 0.25) is 0 Å². The third kappa shape index (κ3) is 0.736. The number of carboxylic acids is 1. The van der Waals surface area contributed by atoms with Crippen molar-refractivity contribution in [1.82, 2.24) is 0 Å². The van der Waals surface area contributed by atoms with Crippen LogP contribution >= 0.6 is 0 Å². The highest BCUT2D eigenvalue weighted by molar-refractivity contribution is 5.76. The Morgan fingerprint density at radius 2 is 2.50 bits per heavy atom. The lowest BCUT2D eigenvalue weighted by Gasteiger charge is -2.43. The highest BCUT2D eigenvalue weighted by Gasteiger charge is 2.49. The molecule has 0 radical (unpaired) electrons. The summed E-state index contributed by atoms with van der Waals surface area (Å²) in [6.07, 6.45) is 1.75. The second-order valence-corrected chi connectivity index (χ2v) is 3.11. The predicted octanol–water partition coefficient (Wildman–Crippen LogP) is 0.446. The maximum Gasteiger partial charge on any atom is 0.311 e. The molecule has 3 nitrogen and oxygen atoms in total. The smallest absolute Gasteiger partial charge is 0.311 e. The normalized spacial score (nSPS) is 38.8. The first-order valence-corrected chi connectivity index (χ1v) is 3.57. The SMILES string of the molecule is C[C@@H]1CC[C@]1(CN)C(=O)O. The second kappa shape index (κ2) is 2.23. The first-order chi connectivity index (χ1) is 4.63. The summed E-state index contributed by atoms with van der Waals surface area (Å²) in [5.41, 5.74) is 4.80. The lowest BCUT2D eigenvalue weighted by Crippen LogP contribution is -2.50. The summed E-state index contributed by atoms with van der Waals surface area (Å²) in [4.78, 5) is 10.7. The van der Waals surface area contributed by atoms with Crippen molar-refractivity contribution in [2.75, 3.05) is 6.54 Å². The number of aliphatic carboxylic acids is 1. The van der Waals surface area contributed by atoms with Crippen LogP contribution < -0.4 is 5.73 Å². The third-order valence-electron chi connectivity index (χ3n) is 2.76. The fourth-order valence-corrected chi connectivity index (χ4v) is 1.49. The van der Waals surface area contributed by atoms with Gasteiger partial charge in [0, 0.05) is 6.54 Å². The molecule has 0 aromatic heterocycles. The van der Waals surface area contributed by atoms with Crippen LogP contribution in [0.4, 0.5) is 0 Å². The van der Waals surface area contributed by atoms with Gasteiger partial charge >= 0.3 is 5.97 Å². The summed E-state index contributed by atoms with van der Waals surface area (Å²) < 4.78 is 0. The molecule has 1 rings (SSSR count). The highest BCUT2D eigenvalue weighted by Crippen LogP contribution is 2.45. The van der Waals surface area contributed by atoms with Crippen LogP contribution in [0.15, 0.2) is 0 Å². The van der Waals surface area contributed by atoms with Gasteiger partial charge in [-0.15, -0.1) is 0 Å². The number of rotatable bonds is 2. The summed E-state index contributed by atoms with van der Waals surface area (Å²) in [5.74, 6) is -0.469. The standard InChI is InChI=1S/C7H13NO2/c1-5-2-3-7(5,4-8)6(9)10/h5H,2-4,8H2,1H3,(H,9,10)/t5-,7-/m1/s1. The molecule has 2 atom stereocenters. The van der Waals surface area contributed by atoms with Gasteiger partial charge in [0.2, 0.25) is 0 Å². The maximum absolute atomic E-state index is 10.7. The van der Waals surface area contributed by atoms with Gasteiger partial charge in [0.05, 0.1) is 5.41 Å². The van der Waals surface area contributed by atoms with E-state index in [1.54, 1.807) is 0 Å². The van der Waals surface area contributed by atoms with E-state index >= 15 is 0 Å². The van der Waals surface area contributed by atoms with Crippen molar-refractivity contribution in [3.63, 3.8) is 0 Å². The minimum Gasteiger partial charge on any atom is -0.481 e. The molecule has 1 saturated carbocycles. The number of hydrogen-bond acceptors (Lipinski definition) is 2. The quantitative estimate of drug-likeness (QED) is 0.589. The molecular formula is C7H13NO2. The molecule has 0 heterocycles. The predicted molar refractivity (Wildman–Crippen MR) is 37.5 cm³/mol. The number of hydrogen-bond donors (Lipinski definition) is 2. The molecule has 58 valence electrons. The van der Waals surface area contributed by atoms with E-state index in [9.17, 15) is 4.79 Å². The molecule has 3 heteroatoms. The van der Waals surface area contributed by atoms with Crippen molar-refractivity contribution in [2.24, 2.45) is 17.1 Å². The number of carbonyl (C=O) groups is 1. The fraction of sp³-hybridized carbons (Fsp3) is 0.857. The Kier molecular flexibility index (Phi) is 1.68. The van der Waals surface area contributed by atoms with Gasteiger partial charge < -0.3 is 10.8 Å². The van der Waals surface area contributed by atoms with Crippen LogP contribution in [0.3, 0.4) is 0 Å². The van der Waals surface area contributed by atoms with Crippen molar-refractivity contribution in [3.05, 3.63) is 0 Å². The van der Waals surface area contributed by atoms with Gasteiger partial charge in [0.25, 0.3) is 0 Å². The third-order valence-corrected chi connectivity index (χ3v) is 2.76. The van der Waals surface area contributed by atoms with E-state index in [0.29, 0.717) is 0 Å². The van der Waals surface area contributed by atoms with Crippen molar-refractivity contribution < 1.29 is 9.90 Å². The largest absolute Gasteiger partial charge is 0.481 e. The first kappa shape index (κ1) is 7.54. The molecule has 0 bridgehead atoms. The second-order valence-electron chi connectivity index (χ2n) is 3.11. The monoisotopic (exact) mass is 143 g/mol. The van der Waals surface area contributed by atoms with Gasteiger partial charge in [-0.1, -0.05) is 6.92 Å². The van der Waals surface area contributed by atoms with Crippen LogP contribution in [-0.4, -0.2) is 17.6 Å². The van der Waals surface area contributed by atoms with Gasteiger partial charge in [0.1, 0.15) is 0 Å². The zero-order valence-electron chi connectivity index (χ0n) is 6.13. The van der Waals surface area contributed by atoms with Crippen LogP contribution in [0.25, 0.3) is 0 Å². The van der Waals surface area contributed by atoms with E-state index in [4.69, 9.17) is 10.8 Å². The van der Waals surface area contributed by atoms with E-state index in [2.05, 4.69) is 0 Å². The zero-order valence-corrected chi connectivity index (χ0v) is 6.13. The Hall–Kier alpha value is -0.570. The number of nitrogens with two attached hydrogens (primary N) is 1. The van der Waals surface area contributed by atoms with Crippen LogP contribution in [0.1, 0.15) is 19.8 Å². The van der Waals surface area contributed by atoms with Crippen molar-refractivity contribution in [2.45, 2.75) is 19.8 Å². The molecule has 1 aliphatic carbocycles. The Balaban J connectivity index is 2.69. The Morgan fingerprint density at radius 1 is 1.90 bits per heavy atom. The van der Waals surface area contributed by atoms with E-state index in [1.807, 2.05) is 6.92 Å². The van der Waals surface area contributed by atoms with Crippen LogP contribution in [0.5, 0.6) is 0 Å². The van der Waals surface area contributed by atoms with Gasteiger partial charge in [-0.05, 0) is 18.8 Å². The van der Waals surface area contributed by atoms with Crippen LogP contribution in [-0.2, 0) is 4.79 Å². The first-order valence-electron chi connectivity index (χ1n) is 3.57. The molecule has 0 aromatic rings. The summed E-state index contributed by atoms with van der Waals surface area (Å²) >= 11 is 0. The average molecular weight is 143 g/mol. The topological polar surface area (TPSA) is 63.3 Å². The van der Waals surface area contributed by atoms with Gasteiger partial charge in [-0.3, -0.25) is 4.79 Å². The lowest BCUT2D eigenvalue weighted by atomic mass is 9.61. The molecule has 0 amide bonds. The van der Waals surface area contributed by atoms with E-state index < -0.39 is 11.4 Å². The molecule has 3 N–H and O–H groups in total. The Bertz CT molecular complexity index is 154. The minimum atomic E-state index is -0.728. The molecule has 0 spiro atoms. The van der Waals surface area contributed by atoms with E-state index in [0.717, 1.165) is 12.8 Å². The number of carboxylic acid groups (broad SMARTS) is 1. The van der Waals surface area contributed by atoms with E-state index in [1.165, 1.54) is 0 Å². The van der Waals surface area contributed by atoms with Crippen molar-refractivity contribution >= 4 is 5.97 Å². The molecular weight excluding hydrogens is 130 g/mol. The minimum absolute atomic E-state index is 0.259. The Labute approximate surface area is 60.2 Å². The average Bonchev–Trinajstić information content (AvgIpc) is 1.86. The molecule has 0 unspecified atom stereocenters. The molecule has 10 heavy (non-hydrogen) atoms. The van der Waals surface area contributed by atoms with Crippen LogP contribution in [0, 0.1) is 11.3 Å². The summed E-state index contributed by atoms with van der Waals surface area (Å²) in [7, 11) is 0. The van der Waals surface area contributed by atoms with Gasteiger partial charge in [-0.25, -0.2) is 0 Å². The molecule has 1 fully saturated rings. The lowest BCUT2D eigenvalue weighted by molar-refractivity contribution is -0.158. The molecule has 0 aliphatic heterocycles. The van der Waals surface area contributed by atoms with Gasteiger partial charge in [-0.2, -0.15) is 0 Å². The fourth-order valence-electron chi connectivity index (χ4n) is 1.49.